The second-order valence-corrected chi connectivity index (χ2v) is 8.77. The molecule has 0 rings (SSSR count). The molecule has 0 aromatic heterocycles. The van der Waals surface area contributed by atoms with Crippen LogP contribution in [0.1, 0.15) is 58.8 Å². The van der Waals surface area contributed by atoms with Gasteiger partial charge < -0.3 is 44.0 Å². The van der Waals surface area contributed by atoms with Crippen LogP contribution in [-0.2, 0) is 33.6 Å². The van der Waals surface area contributed by atoms with Gasteiger partial charge in [0.2, 0.25) is 35.4 Å². The molecule has 0 aliphatic carbocycles. The number of carboxylic acids is 1. The van der Waals surface area contributed by atoms with Crippen LogP contribution in [0.25, 0.3) is 0 Å². The first-order valence-corrected chi connectivity index (χ1v) is 11.4. The maximum Gasteiger partial charge on any atom is 0.326 e. The fourth-order valence-corrected chi connectivity index (χ4v) is 3.09. The topological polar surface area (TPSA) is 280 Å². The minimum Gasteiger partial charge on any atom is -0.480 e. The number of amides is 6. The predicted octanol–water partition coefficient (Wildman–Crippen LogP) is -3.30. The molecule has 36 heavy (non-hydrogen) atoms. The number of hydrogen-bond donors (Lipinski definition) is 8. The summed E-state index contributed by atoms with van der Waals surface area (Å²) in [4.78, 5) is 83.1. The van der Waals surface area contributed by atoms with Crippen molar-refractivity contribution in [2.75, 3.05) is 0 Å². The van der Waals surface area contributed by atoms with Crippen LogP contribution >= 0.6 is 0 Å². The van der Waals surface area contributed by atoms with E-state index in [1.807, 2.05) is 13.8 Å². The van der Waals surface area contributed by atoms with Gasteiger partial charge in [-0.05, 0) is 31.6 Å². The largest absolute Gasteiger partial charge is 0.480 e. The van der Waals surface area contributed by atoms with E-state index in [0.29, 0.717) is 6.42 Å². The van der Waals surface area contributed by atoms with Gasteiger partial charge in [0.15, 0.2) is 0 Å². The van der Waals surface area contributed by atoms with E-state index in [2.05, 4.69) is 16.0 Å². The van der Waals surface area contributed by atoms with Gasteiger partial charge in [0.25, 0.3) is 0 Å². The Morgan fingerprint density at radius 3 is 1.31 bits per heavy atom. The highest BCUT2D eigenvalue weighted by Crippen LogP contribution is 2.07. The molecular formula is C21H37N7O8. The lowest BCUT2D eigenvalue weighted by atomic mass is 10.0. The Balaban J connectivity index is 5.64. The Bertz CT molecular complexity index is 833. The lowest BCUT2D eigenvalue weighted by Crippen LogP contribution is -2.57. The standard InChI is InChI=1S/C21H37N7O8/c1-10(2)9-11(22)18(32)26-12(3-6-15(23)29)19(33)27-13(4-7-16(24)30)20(34)28-14(21(35)36)5-8-17(25)31/h10-14H,3-9,22H2,1-2H3,(H2,23,29)(H2,24,30)(H2,25,31)(H,26,32)(H,27,33)(H,28,34)(H,35,36). The molecule has 204 valence electrons. The van der Waals surface area contributed by atoms with Crippen molar-refractivity contribution in [2.24, 2.45) is 28.9 Å². The summed E-state index contributed by atoms with van der Waals surface area (Å²) < 4.78 is 0. The zero-order valence-corrected chi connectivity index (χ0v) is 20.5. The number of primary amides is 3. The molecule has 0 spiro atoms. The SMILES string of the molecule is CC(C)CC(N)C(=O)NC(CCC(N)=O)C(=O)NC(CCC(N)=O)C(=O)NC(CCC(N)=O)C(=O)O. The quantitative estimate of drug-likeness (QED) is 0.0905. The average molecular weight is 516 g/mol. The van der Waals surface area contributed by atoms with E-state index >= 15 is 0 Å². The first-order valence-electron chi connectivity index (χ1n) is 11.4. The number of nitrogens with one attached hydrogen (secondary N) is 3. The highest BCUT2D eigenvalue weighted by molar-refractivity contribution is 5.94. The summed E-state index contributed by atoms with van der Waals surface area (Å²) in [5, 5.41) is 16.3. The molecule has 0 aliphatic rings. The van der Waals surface area contributed by atoms with Crippen LogP contribution < -0.4 is 38.9 Å². The summed E-state index contributed by atoms with van der Waals surface area (Å²) in [5.74, 6) is -6.20. The molecule has 15 nitrogen and oxygen atoms in total. The lowest BCUT2D eigenvalue weighted by Gasteiger charge is -2.25. The van der Waals surface area contributed by atoms with E-state index in [9.17, 15) is 38.7 Å². The molecule has 15 heteroatoms. The van der Waals surface area contributed by atoms with Crippen molar-refractivity contribution in [1.29, 1.82) is 0 Å². The normalized spacial score (nSPS) is 14.1. The summed E-state index contributed by atoms with van der Waals surface area (Å²) >= 11 is 0. The number of rotatable bonds is 18. The van der Waals surface area contributed by atoms with Crippen molar-refractivity contribution in [3.63, 3.8) is 0 Å². The van der Waals surface area contributed by atoms with Crippen LogP contribution in [-0.4, -0.2) is 70.7 Å². The molecule has 12 N–H and O–H groups in total. The molecule has 4 unspecified atom stereocenters. The molecule has 0 saturated carbocycles. The zero-order chi connectivity index (χ0) is 28.0. The summed E-state index contributed by atoms with van der Waals surface area (Å²) in [5.41, 5.74) is 21.1. The summed E-state index contributed by atoms with van der Waals surface area (Å²) in [7, 11) is 0. The van der Waals surface area contributed by atoms with Gasteiger partial charge in [-0.1, -0.05) is 13.8 Å². The van der Waals surface area contributed by atoms with Gasteiger partial charge in [-0.25, -0.2) is 4.79 Å². The Labute approximate surface area is 208 Å². The number of carboxylic acid groups (broad SMARTS) is 1. The molecule has 6 amide bonds. The van der Waals surface area contributed by atoms with Crippen LogP contribution in [0.2, 0.25) is 0 Å². The molecule has 0 aliphatic heterocycles. The summed E-state index contributed by atoms with van der Waals surface area (Å²) in [6.45, 7) is 3.69. The van der Waals surface area contributed by atoms with Gasteiger partial charge in [0.1, 0.15) is 18.1 Å². The monoisotopic (exact) mass is 515 g/mol. The van der Waals surface area contributed by atoms with Crippen molar-refractivity contribution >= 4 is 41.4 Å². The van der Waals surface area contributed by atoms with E-state index in [-0.39, 0.29) is 44.4 Å². The summed E-state index contributed by atoms with van der Waals surface area (Å²) in [6.07, 6.45) is -1.42. The van der Waals surface area contributed by atoms with Gasteiger partial charge in [-0.3, -0.25) is 28.8 Å². The third kappa shape index (κ3) is 13.8. The van der Waals surface area contributed by atoms with E-state index in [1.165, 1.54) is 0 Å². The number of hydrogen-bond acceptors (Lipinski definition) is 8. The Kier molecular flexibility index (Phi) is 14.4. The van der Waals surface area contributed by atoms with Crippen LogP contribution in [0.4, 0.5) is 0 Å². The first-order chi connectivity index (χ1) is 16.6. The smallest absolute Gasteiger partial charge is 0.326 e. The number of carbonyl (C=O) groups excluding carboxylic acids is 6. The van der Waals surface area contributed by atoms with Crippen molar-refractivity contribution in [3.8, 4) is 0 Å². The second-order valence-electron chi connectivity index (χ2n) is 8.77. The molecule has 0 fully saturated rings. The van der Waals surface area contributed by atoms with Gasteiger partial charge in [-0.2, -0.15) is 0 Å². The van der Waals surface area contributed by atoms with Crippen LogP contribution in [0, 0.1) is 5.92 Å². The van der Waals surface area contributed by atoms with E-state index < -0.39 is 65.6 Å². The number of nitrogens with two attached hydrogens (primary N) is 4. The minimum absolute atomic E-state index is 0.0854. The molecule has 0 aromatic carbocycles. The molecule has 0 aromatic rings. The van der Waals surface area contributed by atoms with E-state index in [1.54, 1.807) is 0 Å². The van der Waals surface area contributed by atoms with Crippen LogP contribution in [0.15, 0.2) is 0 Å². The van der Waals surface area contributed by atoms with Gasteiger partial charge >= 0.3 is 5.97 Å². The van der Waals surface area contributed by atoms with Crippen molar-refractivity contribution in [1.82, 2.24) is 16.0 Å². The van der Waals surface area contributed by atoms with Crippen LogP contribution in [0.5, 0.6) is 0 Å². The lowest BCUT2D eigenvalue weighted by molar-refractivity contribution is -0.142. The molecule has 0 bridgehead atoms. The van der Waals surface area contributed by atoms with Crippen molar-refractivity contribution in [3.05, 3.63) is 0 Å². The first kappa shape index (κ1) is 32.2. The zero-order valence-electron chi connectivity index (χ0n) is 20.5. The number of carbonyl (C=O) groups is 7. The Morgan fingerprint density at radius 2 is 0.972 bits per heavy atom. The van der Waals surface area contributed by atoms with Crippen molar-refractivity contribution in [2.45, 2.75) is 83.0 Å². The Morgan fingerprint density at radius 1 is 0.639 bits per heavy atom. The third-order valence-corrected chi connectivity index (χ3v) is 4.98. The fourth-order valence-electron chi connectivity index (χ4n) is 3.09. The predicted molar refractivity (Wildman–Crippen MR) is 126 cm³/mol. The van der Waals surface area contributed by atoms with Gasteiger partial charge in [0, 0.05) is 19.3 Å². The van der Waals surface area contributed by atoms with Crippen molar-refractivity contribution < 1.29 is 38.7 Å². The highest BCUT2D eigenvalue weighted by Gasteiger charge is 2.31. The maximum absolute atomic E-state index is 12.9. The Hall–Kier alpha value is -3.75. The average Bonchev–Trinajstić information content (AvgIpc) is 2.75. The molecule has 4 atom stereocenters. The minimum atomic E-state index is -1.50. The van der Waals surface area contributed by atoms with E-state index in [4.69, 9.17) is 22.9 Å². The highest BCUT2D eigenvalue weighted by atomic mass is 16.4. The second kappa shape index (κ2) is 16.0. The molecule has 0 radical (unpaired) electrons. The molecular weight excluding hydrogens is 478 g/mol. The van der Waals surface area contributed by atoms with E-state index in [0.717, 1.165) is 0 Å². The van der Waals surface area contributed by atoms with Gasteiger partial charge in [0.05, 0.1) is 6.04 Å². The summed E-state index contributed by atoms with van der Waals surface area (Å²) in [6, 6.07) is -5.18. The third-order valence-electron chi connectivity index (χ3n) is 4.98. The van der Waals surface area contributed by atoms with Crippen LogP contribution in [0.3, 0.4) is 0 Å². The molecule has 0 saturated heterocycles. The number of aliphatic carboxylic acids is 1. The maximum atomic E-state index is 12.9. The molecule has 0 heterocycles. The van der Waals surface area contributed by atoms with Gasteiger partial charge in [-0.15, -0.1) is 0 Å². The fraction of sp³-hybridized carbons (Fsp3) is 0.667.